The average Bonchev–Trinajstić information content (AvgIpc) is 3.19. The molecule has 22 heavy (non-hydrogen) atoms. The number of benzene rings is 2. The van der Waals surface area contributed by atoms with Crippen LogP contribution in [0.15, 0.2) is 60.7 Å². The van der Waals surface area contributed by atoms with E-state index < -0.39 is 0 Å². The van der Waals surface area contributed by atoms with E-state index in [1.54, 1.807) is 0 Å². The Morgan fingerprint density at radius 2 is 1.73 bits per heavy atom. The summed E-state index contributed by atoms with van der Waals surface area (Å²) in [4.78, 5) is 4.63. The third kappa shape index (κ3) is 5.66. The molecule has 111 valence electrons. The van der Waals surface area contributed by atoms with Gasteiger partial charge in [-0.15, -0.1) is 12.0 Å². The number of hydrogen-bond donors (Lipinski definition) is 0. The molecule has 0 saturated heterocycles. The molecule has 1 radical (unpaired) electrons. The molecule has 0 N–H and O–H groups in total. The van der Waals surface area contributed by atoms with Crippen molar-refractivity contribution in [1.29, 1.82) is 0 Å². The molecule has 0 aromatic heterocycles. The van der Waals surface area contributed by atoms with E-state index >= 15 is 0 Å². The summed E-state index contributed by atoms with van der Waals surface area (Å²) < 4.78 is 0. The fourth-order valence-corrected chi connectivity index (χ4v) is 2.34. The van der Waals surface area contributed by atoms with E-state index in [1.165, 1.54) is 22.3 Å². The molecule has 2 aliphatic carbocycles. The Hall–Kier alpha value is -0.411. The largest absolute Gasteiger partial charge is 0.179 e. The zero-order valence-corrected chi connectivity index (χ0v) is 20.2. The smallest absolute Gasteiger partial charge is 0 e. The van der Waals surface area contributed by atoms with Crippen molar-refractivity contribution in [3.8, 4) is 11.1 Å². The summed E-state index contributed by atoms with van der Waals surface area (Å²) in [5, 5.41) is 0. The van der Waals surface area contributed by atoms with Crippen LogP contribution in [-0.4, -0.2) is 21.1 Å². The monoisotopic (exact) mass is 561 g/mol. The molecule has 0 atom stereocenters. The minimum absolute atomic E-state index is 0. The van der Waals surface area contributed by atoms with Gasteiger partial charge in [-0.25, -0.2) is 12.2 Å². The van der Waals surface area contributed by atoms with Gasteiger partial charge in [-0.2, -0.15) is 35.9 Å². The number of allylic oxidation sites excluding steroid dienone is 4. The first kappa shape index (κ1) is 19.6. The first-order valence-corrected chi connectivity index (χ1v) is 14.0. The second-order valence-corrected chi connectivity index (χ2v) is 8.27. The van der Waals surface area contributed by atoms with Crippen LogP contribution < -0.4 is 0 Å². The second-order valence-electron chi connectivity index (χ2n) is 4.98. The van der Waals surface area contributed by atoms with Crippen molar-refractivity contribution < 1.29 is 25.8 Å². The van der Waals surface area contributed by atoms with Crippen LogP contribution >= 0.6 is 0 Å². The maximum absolute atomic E-state index is 3.30. The molecule has 0 fully saturated rings. The molecule has 0 nitrogen and oxygen atoms in total. The molecule has 0 saturated carbocycles. The Morgan fingerprint density at radius 1 is 1.00 bits per heavy atom. The van der Waals surface area contributed by atoms with Gasteiger partial charge >= 0.3 is 31.0 Å². The summed E-state index contributed by atoms with van der Waals surface area (Å²) in [6.45, 7) is 0. The maximum Gasteiger partial charge on any atom is 0 e. The van der Waals surface area contributed by atoms with Gasteiger partial charge < -0.3 is 0 Å². The SMILES string of the molecule is [C-]1=CC=CC1.[CH3][SnH][CH3].[Hf].[c-]1cccc2c1Cc1ccccc1-2. The molecule has 2 heteroatoms. The normalized spacial score (nSPS) is 12.1. The van der Waals surface area contributed by atoms with E-state index in [0.29, 0.717) is 0 Å². The summed E-state index contributed by atoms with van der Waals surface area (Å²) >= 11 is 0.110. The van der Waals surface area contributed by atoms with Crippen LogP contribution in [0.2, 0.25) is 9.88 Å². The van der Waals surface area contributed by atoms with Gasteiger partial charge in [0.15, 0.2) is 0 Å². The summed E-state index contributed by atoms with van der Waals surface area (Å²) in [6, 6.07) is 18.1. The Morgan fingerprint density at radius 3 is 2.36 bits per heavy atom. The van der Waals surface area contributed by atoms with Gasteiger partial charge in [0.1, 0.15) is 0 Å². The van der Waals surface area contributed by atoms with Crippen molar-refractivity contribution in [2.24, 2.45) is 0 Å². The van der Waals surface area contributed by atoms with Crippen molar-refractivity contribution >= 4 is 21.1 Å². The molecule has 0 aliphatic heterocycles. The number of rotatable bonds is 0. The molecule has 0 unspecified atom stereocenters. The topological polar surface area (TPSA) is 0 Å². The molecule has 2 aromatic carbocycles. The predicted octanol–water partition coefficient (Wildman–Crippen LogP) is 4.88. The first-order chi connectivity index (χ1) is 10.4. The third-order valence-corrected chi connectivity index (χ3v) is 3.20. The summed E-state index contributed by atoms with van der Waals surface area (Å²) in [7, 11) is 0. The zero-order chi connectivity index (χ0) is 14.9. The average molecular weight is 559 g/mol. The van der Waals surface area contributed by atoms with E-state index in [-0.39, 0.29) is 47.0 Å². The summed E-state index contributed by atoms with van der Waals surface area (Å²) in [6.07, 6.45) is 11.0. The van der Waals surface area contributed by atoms with Gasteiger partial charge in [-0.3, -0.25) is 6.08 Å². The van der Waals surface area contributed by atoms with E-state index in [1.807, 2.05) is 18.2 Å². The van der Waals surface area contributed by atoms with Crippen LogP contribution in [0.5, 0.6) is 0 Å². The predicted molar refractivity (Wildman–Crippen MR) is 94.0 cm³/mol. The molecular weight excluding hydrogens is 537 g/mol. The Balaban J connectivity index is 0.000000227. The quantitative estimate of drug-likeness (QED) is 0.273. The zero-order valence-electron chi connectivity index (χ0n) is 13.3. The first-order valence-electron chi connectivity index (χ1n) is 7.40. The third-order valence-electron chi connectivity index (χ3n) is 3.20. The Labute approximate surface area is 163 Å². The van der Waals surface area contributed by atoms with Gasteiger partial charge in [-0.1, -0.05) is 35.4 Å². The Kier molecular flexibility index (Phi) is 9.97. The molecule has 4 rings (SSSR count). The standard InChI is InChI=1S/C13H9.C5H5.2CH3.Hf.Sn.H/c1-3-7-12-10(5-1)9-11-6-2-4-8-13(11)12;1-2-4-5-3-1;;;;;/h1-5,7-8H,9H2;1-3H,4H2;2*1H3;;;/q2*-1;;;;;. The fourth-order valence-electron chi connectivity index (χ4n) is 2.34. The van der Waals surface area contributed by atoms with E-state index in [2.05, 4.69) is 64.5 Å². The Bertz CT molecular complexity index is 576. The molecule has 2 aliphatic rings. The second kappa shape index (κ2) is 11.2. The number of hydrogen-bond acceptors (Lipinski definition) is 0. The van der Waals surface area contributed by atoms with Gasteiger partial charge in [0, 0.05) is 25.8 Å². The molecule has 0 amide bonds. The maximum atomic E-state index is 3.30. The van der Waals surface area contributed by atoms with Crippen molar-refractivity contribution in [2.45, 2.75) is 22.7 Å². The fraction of sp³-hybridized carbons (Fsp3) is 0.200. The van der Waals surface area contributed by atoms with E-state index in [0.717, 1.165) is 12.8 Å². The molecular formula is C20H21HfSn-2. The van der Waals surface area contributed by atoms with E-state index in [9.17, 15) is 0 Å². The minimum atomic E-state index is 0. The molecule has 0 heterocycles. The molecule has 0 spiro atoms. The molecule has 0 bridgehead atoms. The van der Waals surface area contributed by atoms with Gasteiger partial charge in [0.05, 0.1) is 0 Å². The van der Waals surface area contributed by atoms with Crippen molar-refractivity contribution in [3.05, 3.63) is 84.0 Å². The van der Waals surface area contributed by atoms with Crippen LogP contribution in [0.3, 0.4) is 0 Å². The summed E-state index contributed by atoms with van der Waals surface area (Å²) in [5.41, 5.74) is 5.51. The van der Waals surface area contributed by atoms with Crippen molar-refractivity contribution in [3.63, 3.8) is 0 Å². The minimum Gasteiger partial charge on any atom is -0.179 e. The van der Waals surface area contributed by atoms with Gasteiger partial charge in [0.25, 0.3) is 0 Å². The van der Waals surface area contributed by atoms with Crippen molar-refractivity contribution in [1.82, 2.24) is 0 Å². The van der Waals surface area contributed by atoms with Crippen LogP contribution in [0.4, 0.5) is 0 Å². The van der Waals surface area contributed by atoms with E-state index in [4.69, 9.17) is 0 Å². The van der Waals surface area contributed by atoms with Gasteiger partial charge in [0.2, 0.25) is 0 Å². The van der Waals surface area contributed by atoms with Gasteiger partial charge in [-0.05, 0) is 6.42 Å². The summed E-state index contributed by atoms with van der Waals surface area (Å²) in [5.74, 6) is 0. The van der Waals surface area contributed by atoms with Crippen LogP contribution in [0, 0.1) is 12.1 Å². The molecule has 2 aromatic rings. The van der Waals surface area contributed by atoms with Crippen molar-refractivity contribution in [2.75, 3.05) is 0 Å². The van der Waals surface area contributed by atoms with Crippen LogP contribution in [0.1, 0.15) is 17.5 Å². The van der Waals surface area contributed by atoms with Crippen LogP contribution in [-0.2, 0) is 32.3 Å². The number of fused-ring (bicyclic) bond motifs is 3. The van der Waals surface area contributed by atoms with Crippen LogP contribution in [0.25, 0.3) is 11.1 Å².